The smallest absolute Gasteiger partial charge is 0.154 e. The van der Waals surface area contributed by atoms with Crippen molar-refractivity contribution < 1.29 is 0 Å². The monoisotopic (exact) mass is 176 g/mol. The van der Waals surface area contributed by atoms with E-state index in [1.165, 1.54) is 0 Å². The van der Waals surface area contributed by atoms with Gasteiger partial charge >= 0.3 is 0 Å². The van der Waals surface area contributed by atoms with Crippen molar-refractivity contribution in [1.29, 1.82) is 0 Å². The normalized spacial score (nSPS) is 11.8. The molecular weight excluding hydrogens is 160 g/mol. The highest BCUT2D eigenvalue weighted by molar-refractivity contribution is 5.84. The Bertz CT molecular complexity index is 303. The summed E-state index contributed by atoms with van der Waals surface area (Å²) in [5, 5.41) is 0. The van der Waals surface area contributed by atoms with Crippen LogP contribution in [0.5, 0.6) is 0 Å². The van der Waals surface area contributed by atoms with Crippen LogP contribution in [0.3, 0.4) is 0 Å². The quantitative estimate of drug-likeness (QED) is 0.649. The zero-order valence-corrected chi connectivity index (χ0v) is 8.54. The average molecular weight is 176 g/mol. The van der Waals surface area contributed by atoms with E-state index in [0.717, 1.165) is 29.9 Å². The van der Waals surface area contributed by atoms with Gasteiger partial charge in [0.05, 0.1) is 0 Å². The van der Waals surface area contributed by atoms with E-state index in [2.05, 4.69) is 23.8 Å². The second-order valence-corrected chi connectivity index (χ2v) is 3.24. The zero-order valence-electron chi connectivity index (χ0n) is 8.54. The minimum atomic E-state index is 0.855. The summed E-state index contributed by atoms with van der Waals surface area (Å²) < 4.78 is 0. The number of aryl methyl sites for hydroxylation is 1. The fourth-order valence-corrected chi connectivity index (χ4v) is 1.19. The molecule has 2 nitrogen and oxygen atoms in total. The highest BCUT2D eigenvalue weighted by atomic mass is 14.9. The van der Waals surface area contributed by atoms with Gasteiger partial charge < -0.3 is 0 Å². The third-order valence-electron chi connectivity index (χ3n) is 1.89. The SMILES string of the molecule is CCCC(C)=Nc1ncccc1C. The van der Waals surface area contributed by atoms with Crippen molar-refractivity contribution in [2.24, 2.45) is 4.99 Å². The van der Waals surface area contributed by atoms with E-state index in [4.69, 9.17) is 0 Å². The molecule has 0 bridgehead atoms. The Balaban J connectivity index is 2.84. The van der Waals surface area contributed by atoms with Crippen molar-refractivity contribution in [3.05, 3.63) is 23.9 Å². The molecule has 13 heavy (non-hydrogen) atoms. The fraction of sp³-hybridized carbons (Fsp3) is 0.455. The maximum Gasteiger partial charge on any atom is 0.154 e. The summed E-state index contributed by atoms with van der Waals surface area (Å²) in [7, 11) is 0. The molecule has 0 saturated heterocycles. The molecular formula is C11H16N2. The Morgan fingerprint density at radius 2 is 2.31 bits per heavy atom. The minimum Gasteiger partial charge on any atom is -0.238 e. The third-order valence-corrected chi connectivity index (χ3v) is 1.89. The number of aromatic nitrogens is 1. The van der Waals surface area contributed by atoms with E-state index in [0.29, 0.717) is 0 Å². The average Bonchev–Trinajstić information content (AvgIpc) is 2.09. The Kier molecular flexibility index (Phi) is 3.62. The molecule has 0 spiro atoms. The second-order valence-electron chi connectivity index (χ2n) is 3.24. The van der Waals surface area contributed by atoms with Crippen LogP contribution in [-0.2, 0) is 0 Å². The molecule has 0 aliphatic heterocycles. The van der Waals surface area contributed by atoms with Crippen molar-refractivity contribution in [2.45, 2.75) is 33.6 Å². The van der Waals surface area contributed by atoms with Gasteiger partial charge in [-0.2, -0.15) is 0 Å². The first-order valence-electron chi connectivity index (χ1n) is 4.70. The van der Waals surface area contributed by atoms with E-state index < -0.39 is 0 Å². The maximum absolute atomic E-state index is 4.45. The third kappa shape index (κ3) is 2.98. The number of nitrogens with zero attached hydrogens (tertiary/aromatic N) is 2. The van der Waals surface area contributed by atoms with Crippen LogP contribution >= 0.6 is 0 Å². The van der Waals surface area contributed by atoms with Gasteiger partial charge in [0.2, 0.25) is 0 Å². The molecule has 0 aromatic carbocycles. The standard InChI is InChI=1S/C11H16N2/c1-4-6-10(3)13-11-9(2)7-5-8-12-11/h5,7-8H,4,6H2,1-3H3. The first-order chi connectivity index (χ1) is 6.24. The number of aliphatic imine (C=N–C) groups is 1. The number of hydrogen-bond donors (Lipinski definition) is 0. The lowest BCUT2D eigenvalue weighted by atomic mass is 10.2. The number of pyridine rings is 1. The summed E-state index contributed by atoms with van der Waals surface area (Å²) in [6, 6.07) is 3.97. The Hall–Kier alpha value is -1.18. The van der Waals surface area contributed by atoms with Gasteiger partial charge in [-0.05, 0) is 31.9 Å². The molecule has 1 aromatic rings. The fourth-order valence-electron chi connectivity index (χ4n) is 1.19. The molecule has 0 aliphatic carbocycles. The highest BCUT2D eigenvalue weighted by Crippen LogP contribution is 2.14. The molecule has 0 fully saturated rings. The van der Waals surface area contributed by atoms with Crippen molar-refractivity contribution in [3.63, 3.8) is 0 Å². The van der Waals surface area contributed by atoms with Gasteiger partial charge in [0.1, 0.15) is 0 Å². The first kappa shape index (κ1) is 9.90. The van der Waals surface area contributed by atoms with E-state index in [9.17, 15) is 0 Å². The molecule has 1 rings (SSSR count). The van der Waals surface area contributed by atoms with Gasteiger partial charge in [0, 0.05) is 11.9 Å². The predicted molar refractivity (Wildman–Crippen MR) is 56.7 cm³/mol. The number of hydrogen-bond acceptors (Lipinski definition) is 2. The maximum atomic E-state index is 4.45. The number of rotatable bonds is 3. The minimum absolute atomic E-state index is 0.855. The van der Waals surface area contributed by atoms with Crippen molar-refractivity contribution in [2.75, 3.05) is 0 Å². The van der Waals surface area contributed by atoms with Gasteiger partial charge in [0.15, 0.2) is 5.82 Å². The van der Waals surface area contributed by atoms with E-state index in [-0.39, 0.29) is 0 Å². The van der Waals surface area contributed by atoms with Crippen molar-refractivity contribution in [3.8, 4) is 0 Å². The molecule has 0 atom stereocenters. The van der Waals surface area contributed by atoms with Gasteiger partial charge in [-0.25, -0.2) is 9.98 Å². The van der Waals surface area contributed by atoms with Crippen LogP contribution in [0.4, 0.5) is 5.82 Å². The zero-order chi connectivity index (χ0) is 9.68. The molecule has 0 saturated carbocycles. The Morgan fingerprint density at radius 3 is 2.92 bits per heavy atom. The molecule has 0 amide bonds. The van der Waals surface area contributed by atoms with E-state index in [1.807, 2.05) is 19.1 Å². The van der Waals surface area contributed by atoms with Crippen LogP contribution in [0.1, 0.15) is 32.3 Å². The summed E-state index contributed by atoms with van der Waals surface area (Å²) in [6.07, 6.45) is 3.97. The van der Waals surface area contributed by atoms with Crippen LogP contribution in [0, 0.1) is 6.92 Å². The Morgan fingerprint density at radius 1 is 1.54 bits per heavy atom. The van der Waals surface area contributed by atoms with E-state index in [1.54, 1.807) is 6.20 Å². The van der Waals surface area contributed by atoms with Crippen molar-refractivity contribution >= 4 is 11.5 Å². The van der Waals surface area contributed by atoms with Gasteiger partial charge in [-0.1, -0.05) is 19.4 Å². The lowest BCUT2D eigenvalue weighted by Crippen LogP contribution is -1.90. The lowest BCUT2D eigenvalue weighted by molar-refractivity contribution is 0.985. The predicted octanol–water partition coefficient (Wildman–Crippen LogP) is 3.28. The highest BCUT2D eigenvalue weighted by Gasteiger charge is 1.96. The lowest BCUT2D eigenvalue weighted by Gasteiger charge is -2.00. The second kappa shape index (κ2) is 4.75. The first-order valence-corrected chi connectivity index (χ1v) is 4.70. The molecule has 70 valence electrons. The molecule has 0 unspecified atom stereocenters. The summed E-state index contributed by atoms with van der Waals surface area (Å²) in [4.78, 5) is 8.67. The molecule has 0 aliphatic rings. The molecule has 0 N–H and O–H groups in total. The van der Waals surface area contributed by atoms with Gasteiger partial charge in [-0.3, -0.25) is 0 Å². The summed E-state index contributed by atoms with van der Waals surface area (Å²) >= 11 is 0. The molecule has 1 heterocycles. The van der Waals surface area contributed by atoms with Crippen LogP contribution in [0.2, 0.25) is 0 Å². The molecule has 1 aromatic heterocycles. The van der Waals surface area contributed by atoms with Crippen LogP contribution in [-0.4, -0.2) is 10.7 Å². The largest absolute Gasteiger partial charge is 0.238 e. The van der Waals surface area contributed by atoms with Crippen LogP contribution in [0.15, 0.2) is 23.3 Å². The molecule has 0 radical (unpaired) electrons. The van der Waals surface area contributed by atoms with E-state index >= 15 is 0 Å². The summed E-state index contributed by atoms with van der Waals surface area (Å²) in [5.41, 5.74) is 2.29. The van der Waals surface area contributed by atoms with Crippen LogP contribution < -0.4 is 0 Å². The summed E-state index contributed by atoms with van der Waals surface area (Å²) in [6.45, 7) is 6.24. The Labute approximate surface area is 79.7 Å². The molecule has 2 heteroatoms. The van der Waals surface area contributed by atoms with Crippen LogP contribution in [0.25, 0.3) is 0 Å². The van der Waals surface area contributed by atoms with Crippen molar-refractivity contribution in [1.82, 2.24) is 4.98 Å². The topological polar surface area (TPSA) is 25.2 Å². The summed E-state index contributed by atoms with van der Waals surface area (Å²) in [5.74, 6) is 0.855. The van der Waals surface area contributed by atoms with Gasteiger partial charge in [0.25, 0.3) is 0 Å². The van der Waals surface area contributed by atoms with Gasteiger partial charge in [-0.15, -0.1) is 0 Å².